The Morgan fingerprint density at radius 3 is 3.08 bits per heavy atom. The van der Waals surface area contributed by atoms with E-state index in [2.05, 4.69) is 24.1 Å². The molecule has 0 bridgehead atoms. The van der Waals surface area contributed by atoms with Gasteiger partial charge in [-0.25, -0.2) is 0 Å². The number of ether oxygens (including phenoxy) is 1. The maximum absolute atomic E-state index is 5.38. The third-order valence-electron chi connectivity index (χ3n) is 2.55. The van der Waals surface area contributed by atoms with Gasteiger partial charge >= 0.3 is 0 Å². The first kappa shape index (κ1) is 11.0. The van der Waals surface area contributed by atoms with E-state index in [0.717, 1.165) is 32.8 Å². The fourth-order valence-corrected chi connectivity index (χ4v) is 1.68. The SMILES string of the molecule is CCNCCCN1CCOCC1C. The molecule has 0 saturated carbocycles. The molecular formula is C10H22N2O. The standard InChI is InChI=1S/C10H22N2O/c1-3-11-5-4-6-12-7-8-13-9-10(12)2/h10-11H,3-9H2,1-2H3. The van der Waals surface area contributed by atoms with Crippen LogP contribution in [0.5, 0.6) is 0 Å². The Morgan fingerprint density at radius 1 is 1.54 bits per heavy atom. The van der Waals surface area contributed by atoms with Crippen LogP contribution in [-0.2, 0) is 4.74 Å². The van der Waals surface area contributed by atoms with Gasteiger partial charge in [0.15, 0.2) is 0 Å². The summed E-state index contributed by atoms with van der Waals surface area (Å²) < 4.78 is 5.38. The Hall–Kier alpha value is -0.120. The molecule has 3 heteroatoms. The maximum atomic E-state index is 5.38. The average Bonchev–Trinajstić information content (AvgIpc) is 2.15. The predicted octanol–water partition coefficient (Wildman–Crippen LogP) is 0.707. The maximum Gasteiger partial charge on any atom is 0.0619 e. The molecule has 1 atom stereocenters. The van der Waals surface area contributed by atoms with Crippen molar-refractivity contribution < 1.29 is 4.74 Å². The van der Waals surface area contributed by atoms with E-state index in [1.807, 2.05) is 0 Å². The molecule has 1 aliphatic rings. The normalized spacial score (nSPS) is 24.9. The lowest BCUT2D eigenvalue weighted by Gasteiger charge is -2.33. The van der Waals surface area contributed by atoms with Crippen molar-refractivity contribution in [1.29, 1.82) is 0 Å². The van der Waals surface area contributed by atoms with Gasteiger partial charge < -0.3 is 10.1 Å². The summed E-state index contributed by atoms with van der Waals surface area (Å²) in [6.07, 6.45) is 1.25. The molecule has 0 aromatic heterocycles. The number of rotatable bonds is 5. The van der Waals surface area contributed by atoms with Gasteiger partial charge in [-0.1, -0.05) is 6.92 Å². The zero-order valence-corrected chi connectivity index (χ0v) is 8.88. The third-order valence-corrected chi connectivity index (χ3v) is 2.55. The second-order valence-electron chi connectivity index (χ2n) is 3.67. The first-order chi connectivity index (χ1) is 6.34. The monoisotopic (exact) mass is 186 g/mol. The van der Waals surface area contributed by atoms with Crippen molar-refractivity contribution in [1.82, 2.24) is 10.2 Å². The molecule has 1 saturated heterocycles. The minimum atomic E-state index is 0.607. The highest BCUT2D eigenvalue weighted by Gasteiger charge is 2.17. The predicted molar refractivity (Wildman–Crippen MR) is 55.0 cm³/mol. The zero-order valence-electron chi connectivity index (χ0n) is 8.88. The van der Waals surface area contributed by atoms with Crippen LogP contribution in [0.2, 0.25) is 0 Å². The van der Waals surface area contributed by atoms with Crippen molar-refractivity contribution in [3.63, 3.8) is 0 Å². The first-order valence-corrected chi connectivity index (χ1v) is 5.37. The van der Waals surface area contributed by atoms with Crippen LogP contribution in [0.3, 0.4) is 0 Å². The highest BCUT2D eigenvalue weighted by molar-refractivity contribution is 4.70. The van der Waals surface area contributed by atoms with Crippen LogP contribution in [0.4, 0.5) is 0 Å². The van der Waals surface area contributed by atoms with Crippen LogP contribution in [0, 0.1) is 0 Å². The summed E-state index contributed by atoms with van der Waals surface area (Å²) >= 11 is 0. The van der Waals surface area contributed by atoms with Gasteiger partial charge in [-0.2, -0.15) is 0 Å². The summed E-state index contributed by atoms with van der Waals surface area (Å²) in [7, 11) is 0. The Labute approximate surface area is 81.4 Å². The van der Waals surface area contributed by atoms with Gasteiger partial charge in [0, 0.05) is 12.6 Å². The molecule has 0 aromatic rings. The Balaban J connectivity index is 2.05. The van der Waals surface area contributed by atoms with E-state index in [1.165, 1.54) is 13.0 Å². The number of nitrogens with zero attached hydrogens (tertiary/aromatic N) is 1. The molecule has 0 amide bonds. The largest absolute Gasteiger partial charge is 0.379 e. The van der Waals surface area contributed by atoms with E-state index in [4.69, 9.17) is 4.74 Å². The summed E-state index contributed by atoms with van der Waals surface area (Å²) in [5.74, 6) is 0. The van der Waals surface area contributed by atoms with Gasteiger partial charge in [-0.05, 0) is 33.0 Å². The summed E-state index contributed by atoms with van der Waals surface area (Å²) in [4.78, 5) is 2.51. The topological polar surface area (TPSA) is 24.5 Å². The van der Waals surface area contributed by atoms with Gasteiger partial charge in [0.25, 0.3) is 0 Å². The van der Waals surface area contributed by atoms with E-state index in [1.54, 1.807) is 0 Å². The van der Waals surface area contributed by atoms with Crippen molar-refractivity contribution in [3.8, 4) is 0 Å². The lowest BCUT2D eigenvalue weighted by atomic mass is 10.2. The highest BCUT2D eigenvalue weighted by Crippen LogP contribution is 2.05. The van der Waals surface area contributed by atoms with E-state index in [9.17, 15) is 0 Å². The molecule has 78 valence electrons. The Bertz CT molecular complexity index is 130. The van der Waals surface area contributed by atoms with Crippen molar-refractivity contribution in [2.24, 2.45) is 0 Å². The summed E-state index contributed by atoms with van der Waals surface area (Å²) in [6, 6.07) is 0.607. The van der Waals surface area contributed by atoms with Crippen LogP contribution in [0.15, 0.2) is 0 Å². The molecule has 0 aromatic carbocycles. The van der Waals surface area contributed by atoms with Crippen LogP contribution in [-0.4, -0.2) is 50.3 Å². The molecule has 13 heavy (non-hydrogen) atoms. The number of morpholine rings is 1. The van der Waals surface area contributed by atoms with Crippen molar-refractivity contribution >= 4 is 0 Å². The molecular weight excluding hydrogens is 164 g/mol. The van der Waals surface area contributed by atoms with Crippen molar-refractivity contribution in [2.45, 2.75) is 26.3 Å². The molecule has 0 radical (unpaired) electrons. The number of nitrogens with one attached hydrogen (secondary N) is 1. The third kappa shape index (κ3) is 4.07. The summed E-state index contributed by atoms with van der Waals surface area (Å²) in [5.41, 5.74) is 0. The quantitative estimate of drug-likeness (QED) is 0.640. The lowest BCUT2D eigenvalue weighted by Crippen LogP contribution is -2.44. The van der Waals surface area contributed by atoms with Gasteiger partial charge in [0.2, 0.25) is 0 Å². The summed E-state index contributed by atoms with van der Waals surface area (Å²) in [6.45, 7) is 10.7. The van der Waals surface area contributed by atoms with Crippen LogP contribution in [0.25, 0.3) is 0 Å². The average molecular weight is 186 g/mol. The lowest BCUT2D eigenvalue weighted by molar-refractivity contribution is -0.000571. The van der Waals surface area contributed by atoms with Gasteiger partial charge in [-0.15, -0.1) is 0 Å². The van der Waals surface area contributed by atoms with Crippen molar-refractivity contribution in [2.75, 3.05) is 39.4 Å². The Morgan fingerprint density at radius 2 is 2.38 bits per heavy atom. The summed E-state index contributed by atoms with van der Waals surface area (Å²) in [5, 5.41) is 3.34. The van der Waals surface area contributed by atoms with Crippen LogP contribution >= 0.6 is 0 Å². The molecule has 3 nitrogen and oxygen atoms in total. The molecule has 1 aliphatic heterocycles. The molecule has 0 spiro atoms. The zero-order chi connectivity index (χ0) is 9.52. The molecule has 1 fully saturated rings. The molecule has 1 N–H and O–H groups in total. The first-order valence-electron chi connectivity index (χ1n) is 5.37. The molecule has 1 heterocycles. The minimum Gasteiger partial charge on any atom is -0.379 e. The highest BCUT2D eigenvalue weighted by atomic mass is 16.5. The number of hydrogen-bond acceptors (Lipinski definition) is 3. The molecule has 1 rings (SSSR count). The Kier molecular flexibility index (Phi) is 5.35. The van der Waals surface area contributed by atoms with E-state index in [-0.39, 0.29) is 0 Å². The van der Waals surface area contributed by atoms with E-state index < -0.39 is 0 Å². The van der Waals surface area contributed by atoms with E-state index in [0.29, 0.717) is 6.04 Å². The van der Waals surface area contributed by atoms with E-state index >= 15 is 0 Å². The van der Waals surface area contributed by atoms with Gasteiger partial charge in [0.1, 0.15) is 0 Å². The number of hydrogen-bond donors (Lipinski definition) is 1. The smallest absolute Gasteiger partial charge is 0.0619 e. The van der Waals surface area contributed by atoms with Crippen LogP contribution < -0.4 is 5.32 Å². The fourth-order valence-electron chi connectivity index (χ4n) is 1.68. The van der Waals surface area contributed by atoms with Crippen LogP contribution in [0.1, 0.15) is 20.3 Å². The second-order valence-corrected chi connectivity index (χ2v) is 3.67. The second kappa shape index (κ2) is 6.35. The molecule has 1 unspecified atom stereocenters. The molecule has 0 aliphatic carbocycles. The fraction of sp³-hybridized carbons (Fsp3) is 1.00. The minimum absolute atomic E-state index is 0.607. The van der Waals surface area contributed by atoms with Gasteiger partial charge in [0.05, 0.1) is 13.2 Å². The van der Waals surface area contributed by atoms with Gasteiger partial charge in [-0.3, -0.25) is 4.90 Å². The van der Waals surface area contributed by atoms with Crippen molar-refractivity contribution in [3.05, 3.63) is 0 Å².